The van der Waals surface area contributed by atoms with E-state index >= 15 is 0 Å². The van der Waals surface area contributed by atoms with Crippen molar-refractivity contribution < 1.29 is 13.9 Å². The zero-order valence-corrected chi connectivity index (χ0v) is 15.5. The summed E-state index contributed by atoms with van der Waals surface area (Å²) in [7, 11) is 1.34. The van der Waals surface area contributed by atoms with Gasteiger partial charge in [0.05, 0.1) is 30.7 Å². The average molecular weight is 384 g/mol. The fourth-order valence-corrected chi connectivity index (χ4v) is 3.30. The molecule has 0 aliphatic rings. The first-order chi connectivity index (χ1) is 14.2. The number of furan rings is 1. The van der Waals surface area contributed by atoms with Crippen LogP contribution in [0.15, 0.2) is 84.3 Å². The Hall–Kier alpha value is -4.13. The Morgan fingerprint density at radius 2 is 1.90 bits per heavy atom. The normalized spacial score (nSPS) is 11.1. The van der Waals surface area contributed by atoms with Crippen molar-refractivity contribution in [3.8, 4) is 22.5 Å². The van der Waals surface area contributed by atoms with Crippen molar-refractivity contribution in [2.75, 3.05) is 7.11 Å². The molecule has 0 saturated heterocycles. The summed E-state index contributed by atoms with van der Waals surface area (Å²) in [6.45, 7) is 0. The van der Waals surface area contributed by atoms with Gasteiger partial charge in [0.1, 0.15) is 12.7 Å². The minimum absolute atomic E-state index is 0.262. The van der Waals surface area contributed by atoms with Gasteiger partial charge in [-0.2, -0.15) is 0 Å². The second-order valence-electron chi connectivity index (χ2n) is 6.51. The highest BCUT2D eigenvalue weighted by molar-refractivity contribution is 5.87. The molecule has 0 N–H and O–H groups in total. The van der Waals surface area contributed by atoms with Crippen molar-refractivity contribution in [2.24, 2.45) is 0 Å². The second kappa shape index (κ2) is 6.79. The van der Waals surface area contributed by atoms with Crippen LogP contribution in [0.5, 0.6) is 0 Å². The Morgan fingerprint density at radius 1 is 1.00 bits per heavy atom. The number of imidazole rings is 2. The number of nitrogens with zero attached hydrogens (tertiary/aromatic N) is 4. The molecule has 0 aliphatic heterocycles. The van der Waals surface area contributed by atoms with Crippen LogP contribution in [0.25, 0.3) is 33.5 Å². The lowest BCUT2D eigenvalue weighted by molar-refractivity contribution is 0.0594. The van der Waals surface area contributed by atoms with E-state index in [1.807, 2.05) is 53.1 Å². The van der Waals surface area contributed by atoms with E-state index in [0.717, 1.165) is 33.5 Å². The summed E-state index contributed by atoms with van der Waals surface area (Å²) in [6.07, 6.45) is 8.42. The summed E-state index contributed by atoms with van der Waals surface area (Å²) < 4.78 is 13.7. The number of fused-ring (bicyclic) bond motifs is 1. The van der Waals surface area contributed by atoms with Crippen molar-refractivity contribution in [3.63, 3.8) is 0 Å². The van der Waals surface area contributed by atoms with E-state index in [9.17, 15) is 4.79 Å². The molecule has 0 saturated carbocycles. The van der Waals surface area contributed by atoms with Crippen LogP contribution >= 0.6 is 0 Å². The van der Waals surface area contributed by atoms with Crippen LogP contribution in [0.3, 0.4) is 0 Å². The SMILES string of the molecule is COC(=O)c1cn(-c2cccc(-n3cnc4cc(-c5ccoc5)ccc43)c2)cn1. The predicted octanol–water partition coefficient (Wildman–Crippen LogP) is 4.26. The maximum absolute atomic E-state index is 11.7. The van der Waals surface area contributed by atoms with Gasteiger partial charge < -0.3 is 13.7 Å². The third kappa shape index (κ3) is 2.98. The highest BCUT2D eigenvalue weighted by Crippen LogP contribution is 2.26. The first kappa shape index (κ1) is 17.0. The average Bonchev–Trinajstić information content (AvgIpc) is 3.53. The highest BCUT2D eigenvalue weighted by Gasteiger charge is 2.11. The van der Waals surface area contributed by atoms with Gasteiger partial charge in [0.15, 0.2) is 5.69 Å². The number of aromatic nitrogens is 4. The smallest absolute Gasteiger partial charge is 0.358 e. The quantitative estimate of drug-likeness (QED) is 0.433. The van der Waals surface area contributed by atoms with Crippen LogP contribution < -0.4 is 0 Å². The molecule has 3 heterocycles. The standard InChI is InChI=1S/C22H16N4O3/c1-28-22(27)20-11-25(13-23-20)17-3-2-4-18(10-17)26-14-24-19-9-15(5-6-21(19)26)16-7-8-29-12-16/h2-14H,1H3. The number of esters is 1. The Balaban J connectivity index is 1.53. The lowest BCUT2D eigenvalue weighted by atomic mass is 10.1. The third-order valence-corrected chi connectivity index (χ3v) is 4.78. The van der Waals surface area contributed by atoms with E-state index in [1.54, 1.807) is 35.9 Å². The van der Waals surface area contributed by atoms with Gasteiger partial charge in [-0.1, -0.05) is 12.1 Å². The molecular formula is C22H16N4O3. The Bertz CT molecular complexity index is 1320. The lowest BCUT2D eigenvalue weighted by Crippen LogP contribution is -2.01. The topological polar surface area (TPSA) is 75.1 Å². The van der Waals surface area contributed by atoms with Gasteiger partial charge in [-0.05, 0) is 42.0 Å². The summed E-state index contributed by atoms with van der Waals surface area (Å²) in [5.74, 6) is -0.464. The van der Waals surface area contributed by atoms with Crippen molar-refractivity contribution in [1.29, 1.82) is 0 Å². The molecule has 0 unspecified atom stereocenters. The van der Waals surface area contributed by atoms with Gasteiger partial charge in [-0.15, -0.1) is 0 Å². The summed E-state index contributed by atoms with van der Waals surface area (Å²) in [5, 5.41) is 0. The Kier molecular flexibility index (Phi) is 3.98. The van der Waals surface area contributed by atoms with E-state index < -0.39 is 5.97 Å². The molecule has 7 nitrogen and oxygen atoms in total. The van der Waals surface area contributed by atoms with Crippen LogP contribution in [-0.4, -0.2) is 32.2 Å². The third-order valence-electron chi connectivity index (χ3n) is 4.78. The van der Waals surface area contributed by atoms with Gasteiger partial charge in [0, 0.05) is 23.1 Å². The van der Waals surface area contributed by atoms with Crippen LogP contribution in [0, 0.1) is 0 Å². The van der Waals surface area contributed by atoms with Gasteiger partial charge in [-0.25, -0.2) is 14.8 Å². The van der Waals surface area contributed by atoms with Crippen LogP contribution in [-0.2, 0) is 4.74 Å². The minimum atomic E-state index is -0.464. The molecule has 2 aromatic carbocycles. The van der Waals surface area contributed by atoms with Gasteiger partial charge in [-0.3, -0.25) is 4.57 Å². The molecule has 5 aromatic rings. The Labute approximate surface area is 165 Å². The predicted molar refractivity (Wildman–Crippen MR) is 107 cm³/mol. The molecule has 142 valence electrons. The molecule has 3 aromatic heterocycles. The maximum atomic E-state index is 11.7. The molecule has 0 aliphatic carbocycles. The summed E-state index contributed by atoms with van der Waals surface area (Å²) in [5.41, 5.74) is 6.05. The molecule has 29 heavy (non-hydrogen) atoms. The van der Waals surface area contributed by atoms with E-state index in [2.05, 4.69) is 9.97 Å². The maximum Gasteiger partial charge on any atom is 0.358 e. The molecule has 0 fully saturated rings. The molecule has 0 bridgehead atoms. The van der Waals surface area contributed by atoms with Crippen molar-refractivity contribution >= 4 is 17.0 Å². The zero-order chi connectivity index (χ0) is 19.8. The number of hydrogen-bond donors (Lipinski definition) is 0. The van der Waals surface area contributed by atoms with Crippen LogP contribution in [0.1, 0.15) is 10.5 Å². The van der Waals surface area contributed by atoms with Crippen molar-refractivity contribution in [1.82, 2.24) is 19.1 Å². The van der Waals surface area contributed by atoms with E-state index in [-0.39, 0.29) is 5.69 Å². The number of hydrogen-bond acceptors (Lipinski definition) is 5. The fraction of sp³-hybridized carbons (Fsp3) is 0.0455. The van der Waals surface area contributed by atoms with Gasteiger partial charge in [0.2, 0.25) is 0 Å². The lowest BCUT2D eigenvalue weighted by Gasteiger charge is -2.08. The first-order valence-corrected chi connectivity index (χ1v) is 8.96. The highest BCUT2D eigenvalue weighted by atomic mass is 16.5. The number of carbonyl (C=O) groups is 1. The molecular weight excluding hydrogens is 368 g/mol. The molecule has 0 atom stereocenters. The number of benzene rings is 2. The Morgan fingerprint density at radius 3 is 2.72 bits per heavy atom. The fourth-order valence-electron chi connectivity index (χ4n) is 3.30. The number of methoxy groups -OCH3 is 1. The molecule has 0 radical (unpaired) electrons. The summed E-state index contributed by atoms with van der Waals surface area (Å²) in [6, 6.07) is 16.0. The number of rotatable bonds is 4. The first-order valence-electron chi connectivity index (χ1n) is 8.96. The molecule has 0 spiro atoms. The van der Waals surface area contributed by atoms with E-state index in [4.69, 9.17) is 9.15 Å². The number of carbonyl (C=O) groups excluding carboxylic acids is 1. The van der Waals surface area contributed by atoms with E-state index in [0.29, 0.717) is 0 Å². The second-order valence-corrected chi connectivity index (χ2v) is 6.51. The van der Waals surface area contributed by atoms with Crippen molar-refractivity contribution in [2.45, 2.75) is 0 Å². The van der Waals surface area contributed by atoms with Crippen molar-refractivity contribution in [3.05, 3.63) is 85.6 Å². The minimum Gasteiger partial charge on any atom is -0.472 e. The number of ether oxygens (including phenoxy) is 1. The monoisotopic (exact) mass is 384 g/mol. The van der Waals surface area contributed by atoms with Gasteiger partial charge in [0.25, 0.3) is 0 Å². The zero-order valence-electron chi connectivity index (χ0n) is 15.5. The molecule has 7 heteroatoms. The van der Waals surface area contributed by atoms with Crippen LogP contribution in [0.2, 0.25) is 0 Å². The molecule has 5 rings (SSSR count). The molecule has 0 amide bonds. The summed E-state index contributed by atoms with van der Waals surface area (Å²) >= 11 is 0. The summed E-state index contributed by atoms with van der Waals surface area (Å²) in [4.78, 5) is 20.3. The van der Waals surface area contributed by atoms with Gasteiger partial charge >= 0.3 is 5.97 Å². The van der Waals surface area contributed by atoms with E-state index in [1.165, 1.54) is 7.11 Å². The van der Waals surface area contributed by atoms with Crippen LogP contribution in [0.4, 0.5) is 0 Å². The largest absolute Gasteiger partial charge is 0.472 e.